The van der Waals surface area contributed by atoms with Gasteiger partial charge in [-0.05, 0) is 36.1 Å². The molecule has 7 heteroatoms. The average molecular weight is 266 g/mol. The first-order valence-corrected chi connectivity index (χ1v) is 6.78. The predicted molar refractivity (Wildman–Crippen MR) is 64.5 cm³/mol. The van der Waals surface area contributed by atoms with Gasteiger partial charge in [-0.2, -0.15) is 0 Å². The second kappa shape index (κ2) is 4.88. The third-order valence-electron chi connectivity index (χ3n) is 4.36. The van der Waals surface area contributed by atoms with Crippen molar-refractivity contribution in [1.82, 2.24) is 20.2 Å². The Bertz CT molecular complexity index is 463. The smallest absolute Gasteiger partial charge is 0.311 e. The van der Waals surface area contributed by atoms with Crippen molar-refractivity contribution in [3.05, 3.63) is 5.82 Å². The molecule has 1 aliphatic heterocycles. The SMILES string of the molecule is O=C(O)C1(Cn2nnnc2C2CCOCC2)CCC1. The van der Waals surface area contributed by atoms with E-state index in [1.165, 1.54) is 0 Å². The number of aromatic nitrogens is 4. The molecule has 7 nitrogen and oxygen atoms in total. The molecule has 1 aromatic heterocycles. The highest BCUT2D eigenvalue weighted by molar-refractivity contribution is 5.75. The van der Waals surface area contributed by atoms with Gasteiger partial charge in [0.2, 0.25) is 0 Å². The van der Waals surface area contributed by atoms with Crippen LogP contribution in [0.3, 0.4) is 0 Å². The Morgan fingerprint density at radius 3 is 2.74 bits per heavy atom. The third-order valence-corrected chi connectivity index (χ3v) is 4.36. The standard InChI is InChI=1S/C12H18N4O3/c17-11(18)12(4-1-5-12)8-16-10(13-14-15-16)9-2-6-19-7-3-9/h9H,1-8H2,(H,17,18). The lowest BCUT2D eigenvalue weighted by atomic mass is 9.69. The second-order valence-electron chi connectivity index (χ2n) is 5.52. The van der Waals surface area contributed by atoms with Crippen molar-refractivity contribution < 1.29 is 14.6 Å². The first-order valence-electron chi connectivity index (χ1n) is 6.78. The van der Waals surface area contributed by atoms with Gasteiger partial charge >= 0.3 is 5.97 Å². The van der Waals surface area contributed by atoms with Gasteiger partial charge in [-0.3, -0.25) is 4.79 Å². The van der Waals surface area contributed by atoms with Gasteiger partial charge in [0.1, 0.15) is 0 Å². The van der Waals surface area contributed by atoms with Crippen molar-refractivity contribution in [3.63, 3.8) is 0 Å². The summed E-state index contributed by atoms with van der Waals surface area (Å²) in [6.45, 7) is 1.84. The van der Waals surface area contributed by atoms with Crippen LogP contribution in [-0.2, 0) is 16.1 Å². The topological polar surface area (TPSA) is 90.1 Å². The summed E-state index contributed by atoms with van der Waals surface area (Å²) < 4.78 is 7.03. The molecular weight excluding hydrogens is 248 g/mol. The number of ether oxygens (including phenoxy) is 1. The molecule has 3 rings (SSSR count). The van der Waals surface area contributed by atoms with Crippen LogP contribution >= 0.6 is 0 Å². The zero-order valence-corrected chi connectivity index (χ0v) is 10.8. The normalized spacial score (nSPS) is 22.9. The van der Waals surface area contributed by atoms with Gasteiger partial charge in [0, 0.05) is 19.1 Å². The Kier molecular flexibility index (Phi) is 3.22. The van der Waals surface area contributed by atoms with E-state index in [1.54, 1.807) is 4.68 Å². The molecule has 104 valence electrons. The van der Waals surface area contributed by atoms with E-state index in [2.05, 4.69) is 15.5 Å². The molecule has 1 N–H and O–H groups in total. The molecule has 2 heterocycles. The lowest BCUT2D eigenvalue weighted by Crippen LogP contribution is -2.42. The van der Waals surface area contributed by atoms with Gasteiger partial charge in [-0.25, -0.2) is 4.68 Å². The molecule has 19 heavy (non-hydrogen) atoms. The van der Waals surface area contributed by atoms with Crippen molar-refractivity contribution in [2.45, 2.75) is 44.6 Å². The number of aliphatic carboxylic acids is 1. The molecule has 2 aliphatic rings. The van der Waals surface area contributed by atoms with Crippen molar-refractivity contribution in [1.29, 1.82) is 0 Å². The number of carboxylic acid groups (broad SMARTS) is 1. The summed E-state index contributed by atoms with van der Waals surface area (Å²) in [5.41, 5.74) is -0.657. The third kappa shape index (κ3) is 2.22. The predicted octanol–water partition coefficient (Wildman–Crippen LogP) is 0.822. The number of rotatable bonds is 4. The van der Waals surface area contributed by atoms with Gasteiger partial charge in [0.15, 0.2) is 5.82 Å². The molecule has 0 aromatic carbocycles. The largest absolute Gasteiger partial charge is 0.481 e. The maximum atomic E-state index is 11.4. The van der Waals surface area contributed by atoms with E-state index in [0.717, 1.165) is 51.1 Å². The van der Waals surface area contributed by atoms with Gasteiger partial charge in [0.05, 0.1) is 12.0 Å². The molecule has 0 unspecified atom stereocenters. The Labute approximate surface area is 110 Å². The second-order valence-corrected chi connectivity index (χ2v) is 5.52. The van der Waals surface area contributed by atoms with E-state index in [0.29, 0.717) is 6.54 Å². The fourth-order valence-corrected chi connectivity index (χ4v) is 2.90. The molecule has 0 spiro atoms. The molecule has 0 amide bonds. The summed E-state index contributed by atoms with van der Waals surface area (Å²) in [5, 5.41) is 21.2. The highest BCUT2D eigenvalue weighted by Gasteiger charge is 2.45. The van der Waals surface area contributed by atoms with E-state index >= 15 is 0 Å². The van der Waals surface area contributed by atoms with E-state index in [-0.39, 0.29) is 5.92 Å². The maximum absolute atomic E-state index is 11.4. The lowest BCUT2D eigenvalue weighted by Gasteiger charge is -2.37. The monoisotopic (exact) mass is 266 g/mol. The zero-order valence-electron chi connectivity index (χ0n) is 10.8. The van der Waals surface area contributed by atoms with Crippen LogP contribution in [0.15, 0.2) is 0 Å². The van der Waals surface area contributed by atoms with Crippen LogP contribution in [0.5, 0.6) is 0 Å². The molecule has 1 saturated heterocycles. The summed E-state index contributed by atoms with van der Waals surface area (Å²) >= 11 is 0. The zero-order chi connectivity index (χ0) is 13.3. The summed E-state index contributed by atoms with van der Waals surface area (Å²) in [5.74, 6) is 0.373. The van der Waals surface area contributed by atoms with Crippen LogP contribution in [-0.4, -0.2) is 44.5 Å². The minimum Gasteiger partial charge on any atom is -0.481 e. The van der Waals surface area contributed by atoms with Crippen LogP contribution in [0.1, 0.15) is 43.8 Å². The van der Waals surface area contributed by atoms with E-state index < -0.39 is 11.4 Å². The number of hydrogen-bond acceptors (Lipinski definition) is 5. The van der Waals surface area contributed by atoms with Crippen LogP contribution < -0.4 is 0 Å². The number of tetrazole rings is 1. The molecule has 1 aliphatic carbocycles. The summed E-state index contributed by atoms with van der Waals surface area (Å²) in [7, 11) is 0. The molecule has 1 saturated carbocycles. The molecular formula is C12H18N4O3. The Balaban J connectivity index is 1.78. The molecule has 0 atom stereocenters. The summed E-state index contributed by atoms with van der Waals surface area (Å²) in [4.78, 5) is 11.4. The number of nitrogens with zero attached hydrogens (tertiary/aromatic N) is 4. The Hall–Kier alpha value is -1.50. The Morgan fingerprint density at radius 2 is 2.16 bits per heavy atom. The molecule has 2 fully saturated rings. The minimum absolute atomic E-state index is 0.287. The van der Waals surface area contributed by atoms with Gasteiger partial charge < -0.3 is 9.84 Å². The molecule has 0 bridgehead atoms. The van der Waals surface area contributed by atoms with Crippen LogP contribution in [0.2, 0.25) is 0 Å². The van der Waals surface area contributed by atoms with E-state index in [1.807, 2.05) is 0 Å². The fourth-order valence-electron chi connectivity index (χ4n) is 2.90. The first kappa shape index (κ1) is 12.5. The molecule has 0 radical (unpaired) electrons. The van der Waals surface area contributed by atoms with Gasteiger partial charge in [0.25, 0.3) is 0 Å². The average Bonchev–Trinajstić information content (AvgIpc) is 2.82. The number of hydrogen-bond donors (Lipinski definition) is 1. The number of carboxylic acids is 1. The van der Waals surface area contributed by atoms with E-state index in [9.17, 15) is 9.90 Å². The van der Waals surface area contributed by atoms with Gasteiger partial charge in [-0.1, -0.05) is 6.42 Å². The maximum Gasteiger partial charge on any atom is 0.311 e. The van der Waals surface area contributed by atoms with Crippen LogP contribution in [0, 0.1) is 5.41 Å². The molecule has 1 aromatic rings. The highest BCUT2D eigenvalue weighted by atomic mass is 16.5. The van der Waals surface area contributed by atoms with Crippen molar-refractivity contribution in [2.24, 2.45) is 5.41 Å². The van der Waals surface area contributed by atoms with Gasteiger partial charge in [-0.15, -0.1) is 5.10 Å². The fraction of sp³-hybridized carbons (Fsp3) is 0.833. The van der Waals surface area contributed by atoms with Crippen molar-refractivity contribution >= 4 is 5.97 Å². The Morgan fingerprint density at radius 1 is 1.42 bits per heavy atom. The van der Waals surface area contributed by atoms with Crippen molar-refractivity contribution in [3.8, 4) is 0 Å². The van der Waals surface area contributed by atoms with Crippen molar-refractivity contribution in [2.75, 3.05) is 13.2 Å². The highest BCUT2D eigenvalue weighted by Crippen LogP contribution is 2.43. The minimum atomic E-state index is -0.729. The lowest BCUT2D eigenvalue weighted by molar-refractivity contribution is -0.156. The van der Waals surface area contributed by atoms with Crippen LogP contribution in [0.25, 0.3) is 0 Å². The summed E-state index contributed by atoms with van der Waals surface area (Å²) in [6, 6.07) is 0. The quantitative estimate of drug-likeness (QED) is 0.867. The first-order chi connectivity index (χ1) is 9.21. The summed E-state index contributed by atoms with van der Waals surface area (Å²) in [6.07, 6.45) is 4.22. The number of carbonyl (C=O) groups is 1. The van der Waals surface area contributed by atoms with Crippen LogP contribution in [0.4, 0.5) is 0 Å². The van der Waals surface area contributed by atoms with E-state index in [4.69, 9.17) is 4.74 Å².